The molecule has 0 fully saturated rings. The van der Waals surface area contributed by atoms with Gasteiger partial charge in [-0.05, 0) is 37.5 Å². The summed E-state index contributed by atoms with van der Waals surface area (Å²) in [6.07, 6.45) is 0.559. The number of nitro benzene ring substituents is 1. The number of benzene rings is 2. The Morgan fingerprint density at radius 3 is 2.32 bits per heavy atom. The van der Waals surface area contributed by atoms with E-state index in [0.29, 0.717) is 6.42 Å². The maximum atomic E-state index is 13.6. The summed E-state index contributed by atoms with van der Waals surface area (Å²) in [6, 6.07) is 11.0. The Balaban J connectivity index is 2.60. The molecule has 0 bridgehead atoms. The Morgan fingerprint density at radius 1 is 1.16 bits per heavy atom. The molecule has 0 aliphatic carbocycles. The molecule has 0 radical (unpaired) electrons. The number of esters is 1. The van der Waals surface area contributed by atoms with Gasteiger partial charge >= 0.3 is 5.97 Å². The van der Waals surface area contributed by atoms with E-state index in [1.165, 1.54) is 12.1 Å². The number of non-ortho nitro benzene ring substituents is 1. The molecule has 2 aromatic carbocycles. The molecule has 0 saturated heterocycles. The average molecular weight is 449 g/mol. The van der Waals surface area contributed by atoms with Crippen LogP contribution in [0.4, 0.5) is 5.69 Å². The summed E-state index contributed by atoms with van der Waals surface area (Å²) < 4.78 is 33.6. The van der Waals surface area contributed by atoms with Crippen molar-refractivity contribution >= 4 is 21.7 Å². The maximum Gasteiger partial charge on any atom is 0.324 e. The van der Waals surface area contributed by atoms with Crippen molar-refractivity contribution < 1.29 is 22.9 Å². The van der Waals surface area contributed by atoms with E-state index in [9.17, 15) is 23.3 Å². The summed E-state index contributed by atoms with van der Waals surface area (Å²) in [4.78, 5) is 23.1. The first kappa shape index (κ1) is 24.5. The molecule has 168 valence electrons. The smallest absolute Gasteiger partial charge is 0.324 e. The number of ether oxygens (including phenoxy) is 1. The molecule has 31 heavy (non-hydrogen) atoms. The van der Waals surface area contributed by atoms with Gasteiger partial charge in [0.1, 0.15) is 6.04 Å². The number of carbonyl (C=O) groups excluding carboxylic acids is 1. The van der Waals surface area contributed by atoms with Crippen LogP contribution in [0.3, 0.4) is 0 Å². The fraction of sp³-hybridized carbons (Fsp3) is 0.409. The lowest BCUT2D eigenvalue weighted by atomic mass is 9.98. The zero-order chi connectivity index (χ0) is 23.2. The van der Waals surface area contributed by atoms with Gasteiger partial charge in [0, 0.05) is 18.7 Å². The van der Waals surface area contributed by atoms with Gasteiger partial charge in [-0.25, -0.2) is 8.42 Å². The Morgan fingerprint density at radius 2 is 1.81 bits per heavy atom. The Hall–Kier alpha value is -2.78. The van der Waals surface area contributed by atoms with Gasteiger partial charge in [-0.3, -0.25) is 14.9 Å². The van der Waals surface area contributed by atoms with E-state index in [4.69, 9.17) is 4.74 Å². The third-order valence-corrected chi connectivity index (χ3v) is 6.94. The minimum Gasteiger partial charge on any atom is -0.465 e. The van der Waals surface area contributed by atoms with Gasteiger partial charge in [-0.1, -0.05) is 50.1 Å². The monoisotopic (exact) mass is 448 g/mol. The van der Waals surface area contributed by atoms with Crippen LogP contribution in [0.5, 0.6) is 0 Å². The Bertz CT molecular complexity index is 1020. The van der Waals surface area contributed by atoms with Crippen molar-refractivity contribution in [3.8, 4) is 0 Å². The van der Waals surface area contributed by atoms with Gasteiger partial charge in [0.25, 0.3) is 5.69 Å². The van der Waals surface area contributed by atoms with Gasteiger partial charge < -0.3 is 4.74 Å². The number of sulfonamides is 1. The highest BCUT2D eigenvalue weighted by Gasteiger charge is 2.40. The topological polar surface area (TPSA) is 107 Å². The van der Waals surface area contributed by atoms with Crippen LogP contribution >= 0.6 is 0 Å². The standard InChI is InChI=1S/C22H28N2O6S/c1-5-17(4)21(22(25)30-6-2)23(15-18-9-7-8-16(3)14-18)31(28,29)20-12-10-19(11-13-20)24(26)27/h7-14,17,21H,5-6,15H2,1-4H3/t17-,21-/m0/s1. The summed E-state index contributed by atoms with van der Waals surface area (Å²) in [5.74, 6) is -0.924. The van der Waals surface area contributed by atoms with E-state index in [-0.39, 0.29) is 29.7 Å². The Labute approximate surface area is 183 Å². The molecule has 0 heterocycles. The van der Waals surface area contributed by atoms with Crippen molar-refractivity contribution in [2.45, 2.75) is 51.6 Å². The van der Waals surface area contributed by atoms with Gasteiger partial charge in [-0.15, -0.1) is 0 Å². The van der Waals surface area contributed by atoms with Gasteiger partial charge in [-0.2, -0.15) is 4.31 Å². The number of carbonyl (C=O) groups is 1. The predicted molar refractivity (Wildman–Crippen MR) is 117 cm³/mol. The number of rotatable bonds is 10. The number of hydrogen-bond acceptors (Lipinski definition) is 6. The third-order valence-electron chi connectivity index (χ3n) is 5.10. The molecule has 2 atom stereocenters. The lowest BCUT2D eigenvalue weighted by Crippen LogP contribution is -2.48. The number of aryl methyl sites for hydroxylation is 1. The predicted octanol–water partition coefficient (Wildman–Crippen LogP) is 4.07. The van der Waals surface area contributed by atoms with E-state index in [1.54, 1.807) is 19.9 Å². The van der Waals surface area contributed by atoms with Crippen molar-refractivity contribution in [3.05, 3.63) is 69.8 Å². The molecule has 0 aliphatic rings. The van der Waals surface area contributed by atoms with Crippen molar-refractivity contribution in [1.29, 1.82) is 0 Å². The highest BCUT2D eigenvalue weighted by Crippen LogP contribution is 2.28. The molecule has 8 nitrogen and oxygen atoms in total. The number of nitrogens with zero attached hydrogens (tertiary/aromatic N) is 2. The molecule has 2 rings (SSSR count). The second-order valence-electron chi connectivity index (χ2n) is 7.37. The van der Waals surface area contributed by atoms with E-state index in [1.807, 2.05) is 32.0 Å². The fourth-order valence-electron chi connectivity index (χ4n) is 3.28. The summed E-state index contributed by atoms with van der Waals surface area (Å²) in [6.45, 7) is 7.34. The van der Waals surface area contributed by atoms with Crippen LogP contribution in [0.2, 0.25) is 0 Å². The second-order valence-corrected chi connectivity index (χ2v) is 9.26. The molecule has 0 unspecified atom stereocenters. The van der Waals surface area contributed by atoms with Gasteiger partial charge in [0.15, 0.2) is 0 Å². The first-order chi connectivity index (χ1) is 14.6. The molecule has 0 aliphatic heterocycles. The fourth-order valence-corrected chi connectivity index (χ4v) is 4.95. The molecular weight excluding hydrogens is 420 g/mol. The van der Waals surface area contributed by atoms with Crippen LogP contribution < -0.4 is 0 Å². The summed E-state index contributed by atoms with van der Waals surface area (Å²) >= 11 is 0. The van der Waals surface area contributed by atoms with E-state index in [0.717, 1.165) is 27.6 Å². The molecule has 2 aromatic rings. The first-order valence-corrected chi connectivity index (χ1v) is 11.5. The molecule has 0 spiro atoms. The van der Waals surface area contributed by atoms with Gasteiger partial charge in [0.2, 0.25) is 10.0 Å². The zero-order valence-electron chi connectivity index (χ0n) is 18.1. The summed E-state index contributed by atoms with van der Waals surface area (Å²) in [5, 5.41) is 11.0. The van der Waals surface area contributed by atoms with E-state index in [2.05, 4.69) is 0 Å². The number of nitro groups is 1. The highest BCUT2D eigenvalue weighted by molar-refractivity contribution is 7.89. The summed E-state index contributed by atoms with van der Waals surface area (Å²) in [7, 11) is -4.16. The highest BCUT2D eigenvalue weighted by atomic mass is 32.2. The lowest BCUT2D eigenvalue weighted by molar-refractivity contribution is -0.384. The third kappa shape index (κ3) is 5.89. The molecule has 0 aromatic heterocycles. The van der Waals surface area contributed by atoms with Crippen molar-refractivity contribution in [1.82, 2.24) is 4.31 Å². The molecule has 0 saturated carbocycles. The molecule has 0 amide bonds. The SMILES string of the molecule is CCOC(=O)[C@H]([C@@H](C)CC)N(Cc1cccc(C)c1)S(=O)(=O)c1ccc([N+](=O)[O-])cc1. The van der Waals surface area contributed by atoms with Crippen molar-refractivity contribution in [2.24, 2.45) is 5.92 Å². The molecule has 0 N–H and O–H groups in total. The first-order valence-electron chi connectivity index (χ1n) is 10.1. The minimum atomic E-state index is -4.16. The zero-order valence-corrected chi connectivity index (χ0v) is 19.0. The van der Waals surface area contributed by atoms with Gasteiger partial charge in [0.05, 0.1) is 16.4 Å². The van der Waals surface area contributed by atoms with E-state index >= 15 is 0 Å². The minimum absolute atomic E-state index is 0.0329. The van der Waals surface area contributed by atoms with Crippen LogP contribution in [-0.2, 0) is 26.1 Å². The Kier molecular flexibility index (Phi) is 8.29. The van der Waals surface area contributed by atoms with Crippen LogP contribution in [0.1, 0.15) is 38.3 Å². The average Bonchev–Trinajstić information content (AvgIpc) is 2.73. The van der Waals surface area contributed by atoms with Crippen molar-refractivity contribution in [2.75, 3.05) is 6.61 Å². The summed E-state index contributed by atoms with van der Waals surface area (Å²) in [5.41, 5.74) is 1.47. The maximum absolute atomic E-state index is 13.6. The van der Waals surface area contributed by atoms with Crippen molar-refractivity contribution in [3.63, 3.8) is 0 Å². The van der Waals surface area contributed by atoms with Crippen LogP contribution in [0.15, 0.2) is 53.4 Å². The van der Waals surface area contributed by atoms with E-state index < -0.39 is 27.0 Å². The molecular formula is C22H28N2O6S. The van der Waals surface area contributed by atoms with Crippen LogP contribution in [-0.4, -0.2) is 36.3 Å². The quantitative estimate of drug-likeness (QED) is 0.308. The molecule has 9 heteroatoms. The number of hydrogen-bond donors (Lipinski definition) is 0. The lowest BCUT2D eigenvalue weighted by Gasteiger charge is -2.33. The van der Waals surface area contributed by atoms with Crippen LogP contribution in [0, 0.1) is 23.0 Å². The normalized spacial score (nSPS) is 13.6. The van der Waals surface area contributed by atoms with Crippen LogP contribution in [0.25, 0.3) is 0 Å². The second kappa shape index (κ2) is 10.5. The largest absolute Gasteiger partial charge is 0.465 e.